The van der Waals surface area contributed by atoms with Crippen molar-refractivity contribution < 1.29 is 51.9 Å². The lowest BCUT2D eigenvalue weighted by Gasteiger charge is -2.72. The number of ketones is 1. The number of benzene rings is 2. The van der Waals surface area contributed by atoms with Gasteiger partial charge in [-0.25, -0.2) is 0 Å². The summed E-state index contributed by atoms with van der Waals surface area (Å²) in [5.41, 5.74) is 2.11. The largest absolute Gasteiger partial charge is 0.408 e. The molecule has 86 heavy (non-hydrogen) atoms. The number of hydrogen-bond donors (Lipinski definition) is 0. The minimum absolute atomic E-state index is 0.0391. The molecule has 5 aliphatic carbocycles. The summed E-state index contributed by atoms with van der Waals surface area (Å²) in [5, 5.41) is 0. The number of ether oxygens (including phenoxy) is 8. The molecule has 7 fully saturated rings. The molecule has 24 atom stereocenters. The van der Waals surface area contributed by atoms with Crippen LogP contribution in [0.25, 0.3) is 0 Å². The van der Waals surface area contributed by atoms with Gasteiger partial charge in [0.1, 0.15) is 18.2 Å². The van der Waals surface area contributed by atoms with E-state index in [-0.39, 0.29) is 87.4 Å². The van der Waals surface area contributed by atoms with Crippen molar-refractivity contribution >= 4 is 20.4 Å². The smallest absolute Gasteiger partial charge is 0.192 e. The van der Waals surface area contributed by atoms with Crippen LogP contribution in [0.2, 0.25) is 18.1 Å². The highest BCUT2D eigenvalue weighted by atomic mass is 28.4. The summed E-state index contributed by atoms with van der Waals surface area (Å²) in [7, 11) is -0.394. The maximum Gasteiger partial charge on any atom is 0.192 e. The fourth-order valence-corrected chi connectivity index (χ4v) is 22.6. The van der Waals surface area contributed by atoms with E-state index in [2.05, 4.69) is 165 Å². The second-order valence-electron chi connectivity index (χ2n) is 31.2. The molecule has 3 heterocycles. The highest BCUT2D eigenvalue weighted by Crippen LogP contribution is 2.76. The van der Waals surface area contributed by atoms with Gasteiger partial charge in [-0.1, -0.05) is 176 Å². The topological polar surface area (TPSA) is 117 Å². The van der Waals surface area contributed by atoms with Gasteiger partial charge in [-0.05, 0) is 163 Å². The molecule has 0 radical (unpaired) electrons. The van der Waals surface area contributed by atoms with E-state index < -0.39 is 56.3 Å². The van der Waals surface area contributed by atoms with Gasteiger partial charge in [0.25, 0.3) is 0 Å². The average Bonchev–Trinajstić information content (AvgIpc) is 0.688. The molecular weight excluding hydrogens is 1090 g/mol. The first-order valence-electron chi connectivity index (χ1n) is 34.3. The Kier molecular flexibility index (Phi) is 19.9. The Hall–Kier alpha value is -2.62. The number of Topliss-reactive ketones (excluding diaryl/α,β-unsaturated/α-hetero) is 1. The molecule has 0 N–H and O–H groups in total. The van der Waals surface area contributed by atoms with Gasteiger partial charge in [-0.2, -0.15) is 0 Å². The van der Waals surface area contributed by atoms with Crippen molar-refractivity contribution in [3.05, 3.63) is 83.4 Å². The second kappa shape index (κ2) is 25.8. The molecule has 3 saturated heterocycles. The Morgan fingerprint density at radius 3 is 1.94 bits per heavy atom. The highest BCUT2D eigenvalue weighted by Gasteiger charge is 2.72. The lowest BCUT2D eigenvalue weighted by molar-refractivity contribution is -0.381. The van der Waals surface area contributed by atoms with Crippen molar-refractivity contribution in [2.75, 3.05) is 20.3 Å². The van der Waals surface area contributed by atoms with Gasteiger partial charge < -0.3 is 47.1 Å². The van der Waals surface area contributed by atoms with Crippen LogP contribution in [0.5, 0.6) is 0 Å². The predicted molar refractivity (Wildman–Crippen MR) is 341 cm³/mol. The first-order chi connectivity index (χ1) is 40.8. The maximum absolute atomic E-state index is 14.7. The maximum atomic E-state index is 14.7. The van der Waals surface area contributed by atoms with Gasteiger partial charge in [0.2, 0.25) is 0 Å². The third kappa shape index (κ3) is 11.7. The van der Waals surface area contributed by atoms with Gasteiger partial charge in [0, 0.05) is 18.9 Å². The number of rotatable bonds is 20. The molecule has 0 aromatic heterocycles. The Morgan fingerprint density at radius 2 is 1.30 bits per heavy atom. The zero-order chi connectivity index (χ0) is 61.9. The van der Waals surface area contributed by atoms with Crippen LogP contribution < -0.4 is 0 Å². The van der Waals surface area contributed by atoms with Crippen LogP contribution in [0.15, 0.2) is 72.3 Å². The lowest BCUT2D eigenvalue weighted by Crippen LogP contribution is -2.68. The summed E-state index contributed by atoms with van der Waals surface area (Å²) in [6.45, 7) is 38.5. The van der Waals surface area contributed by atoms with E-state index in [0.29, 0.717) is 50.4 Å². The summed E-state index contributed by atoms with van der Waals surface area (Å²) >= 11 is 0. The van der Waals surface area contributed by atoms with Crippen LogP contribution in [0, 0.1) is 85.8 Å². The number of carbonyl (C=O) groups is 2. The average molecular weight is 1210 g/mol. The zero-order valence-corrected chi connectivity index (χ0v) is 57.2. The predicted octanol–water partition coefficient (Wildman–Crippen LogP) is 15.8. The SMILES string of the molecule is CC[Si](CC)(CC)OC1[C@H](OC2[C@H](O[C@H]3CCC4(C)C5CC=C6C7CC(C)(C)CC[C@]7(C(C)=O)C(OC)C[C@@]6(C)[C@@]5(C)CC[C@H]4[C@@]3(C)C=O)OC(Cc3ccccc3)[C@@H](C)[C@@H]2O[C@@H]2OC[C@@H](C)[C@H](C)C2C)OC(COCc2ccccc2)[C@H](C)[C@@H]1C. The van der Waals surface area contributed by atoms with Gasteiger partial charge in [-0.15, -0.1) is 0 Å². The van der Waals surface area contributed by atoms with Crippen LogP contribution in [-0.4, -0.2) is 102 Å². The number of hydrogen-bond acceptors (Lipinski definition) is 11. The summed E-state index contributed by atoms with van der Waals surface area (Å²) in [4.78, 5) is 28.9. The quantitative estimate of drug-likeness (QED) is 0.0546. The fraction of sp³-hybridized carbons (Fsp3) is 0.784. The number of carbonyl (C=O) groups excluding carboxylic acids is 2. The van der Waals surface area contributed by atoms with Crippen molar-refractivity contribution in [3.8, 4) is 0 Å². The van der Waals surface area contributed by atoms with E-state index in [1.165, 1.54) is 17.4 Å². The summed E-state index contributed by atoms with van der Waals surface area (Å²) in [5.74, 6) is 1.64. The molecule has 0 amide bonds. The molecule has 11 nitrogen and oxygen atoms in total. The number of methoxy groups -OCH3 is 1. The van der Waals surface area contributed by atoms with Crippen LogP contribution >= 0.6 is 0 Å². The molecular formula is C74H114O11Si. The van der Waals surface area contributed by atoms with E-state index in [0.717, 1.165) is 75.1 Å². The molecule has 4 saturated carbocycles. The van der Waals surface area contributed by atoms with Gasteiger partial charge in [0.15, 0.2) is 27.2 Å². The molecule has 12 heteroatoms. The van der Waals surface area contributed by atoms with Crippen LogP contribution in [0.4, 0.5) is 0 Å². The van der Waals surface area contributed by atoms with Crippen LogP contribution in [0.1, 0.15) is 180 Å². The van der Waals surface area contributed by atoms with E-state index in [9.17, 15) is 9.59 Å². The van der Waals surface area contributed by atoms with Gasteiger partial charge >= 0.3 is 0 Å². The Balaban J connectivity index is 1.02. The Labute approximate surface area is 520 Å². The summed E-state index contributed by atoms with van der Waals surface area (Å²) < 4.78 is 65.6. The molecule has 0 spiro atoms. The lowest BCUT2D eigenvalue weighted by atomic mass is 9.33. The van der Waals surface area contributed by atoms with Gasteiger partial charge in [0.05, 0.1) is 67.3 Å². The number of allylic oxidation sites excluding steroid dienone is 2. The molecule has 2 aromatic carbocycles. The first-order valence-corrected chi connectivity index (χ1v) is 36.8. The van der Waals surface area contributed by atoms with E-state index in [1.54, 1.807) is 0 Å². The Bertz CT molecular complexity index is 2640. The fourth-order valence-electron chi connectivity index (χ4n) is 19.7. The van der Waals surface area contributed by atoms with Crippen LogP contribution in [-0.2, 0) is 64.9 Å². The monoisotopic (exact) mass is 1210 g/mol. The van der Waals surface area contributed by atoms with Crippen molar-refractivity contribution in [3.63, 3.8) is 0 Å². The Morgan fingerprint density at radius 1 is 0.663 bits per heavy atom. The molecule has 0 bridgehead atoms. The molecule has 10 rings (SSSR count). The number of fused-ring (bicyclic) bond motifs is 7. The minimum atomic E-state index is -2.25. The van der Waals surface area contributed by atoms with Crippen molar-refractivity contribution in [2.45, 2.75) is 261 Å². The van der Waals surface area contributed by atoms with Crippen LogP contribution in [0.3, 0.4) is 0 Å². The van der Waals surface area contributed by atoms with E-state index >= 15 is 0 Å². The molecule has 3 aliphatic heterocycles. The minimum Gasteiger partial charge on any atom is -0.408 e. The highest BCUT2D eigenvalue weighted by molar-refractivity contribution is 6.73. The van der Waals surface area contributed by atoms with E-state index in [4.69, 9.17) is 42.3 Å². The second-order valence-corrected chi connectivity index (χ2v) is 35.9. The van der Waals surface area contributed by atoms with Crippen molar-refractivity contribution in [1.82, 2.24) is 0 Å². The standard InChI is InChI=1S/C74H114O11Si/c1-18-86(19-2,20-3)85-64-49(7)48(6)58(44-78-43-54-29-25-22-26-30-54)81-67(64)84-65-63(83-66-50(8)47(5)46(4)42-79-66)51(9)57(39-53-27-23-21-24-28-53)80-68(65)82-61-34-35-70(13)59(71(61,14)45-75)33-36-72(15)60(70)32-31-55-56-40-69(11,12)37-38-74(56,52(10)76)62(77-17)41-73(55,72)16/h21-31,45-51,56-68H,18-20,32-44H2,1-17H3/t46-,47+,48-,49+,50?,51-,56?,57?,58?,59-,60?,61+,62?,63+,64?,65?,66+,67+,68+,70?,71-,72+,73-,74-/m1/s1. The first kappa shape index (κ1) is 66.3. The normalized spacial score (nSPS) is 44.9. The molecule has 9 unspecified atom stereocenters. The third-order valence-electron chi connectivity index (χ3n) is 26.6. The summed E-state index contributed by atoms with van der Waals surface area (Å²) in [6, 6.07) is 23.9. The third-order valence-corrected chi connectivity index (χ3v) is 31.2. The van der Waals surface area contributed by atoms with Gasteiger partial charge in [-0.3, -0.25) is 4.79 Å². The van der Waals surface area contributed by atoms with Crippen molar-refractivity contribution in [2.24, 2.45) is 85.8 Å². The molecule has 8 aliphatic rings. The molecule has 2 aromatic rings. The number of aldehydes is 1. The van der Waals surface area contributed by atoms with Crippen molar-refractivity contribution in [1.29, 1.82) is 0 Å². The summed E-state index contributed by atoms with van der Waals surface area (Å²) in [6.07, 6.45) is 7.44. The van der Waals surface area contributed by atoms with E-state index in [1.807, 2.05) is 20.1 Å². The zero-order valence-electron chi connectivity index (χ0n) is 56.2. The molecule has 480 valence electrons.